The van der Waals surface area contributed by atoms with Crippen molar-refractivity contribution < 1.29 is 12.8 Å². The van der Waals surface area contributed by atoms with E-state index in [0.717, 1.165) is 11.1 Å². The fourth-order valence-corrected chi connectivity index (χ4v) is 3.95. The Labute approximate surface area is 118 Å². The molecule has 2 aliphatic heterocycles. The largest absolute Gasteiger partial charge is 0.361 e. The van der Waals surface area contributed by atoms with E-state index < -0.39 is 10.2 Å². The fraction of sp³-hybridized carbons (Fsp3) is 0.385. The number of hydrogen-bond acceptors (Lipinski definition) is 3. The third-order valence-corrected chi connectivity index (χ3v) is 5.41. The molecule has 0 saturated heterocycles. The number of hydrogen-bond donors (Lipinski definition) is 0. The van der Waals surface area contributed by atoms with Crippen molar-refractivity contribution in [2.24, 2.45) is 0 Å². The molecule has 3 rings (SSSR count). The zero-order valence-corrected chi connectivity index (χ0v) is 12.0. The van der Waals surface area contributed by atoms with Crippen LogP contribution in [-0.2, 0) is 23.2 Å². The van der Waals surface area contributed by atoms with Crippen molar-refractivity contribution in [1.82, 2.24) is 13.5 Å². The summed E-state index contributed by atoms with van der Waals surface area (Å²) in [6.07, 6.45) is 3.83. The molecule has 0 spiro atoms. The average molecular weight is 297 g/mol. The van der Waals surface area contributed by atoms with Gasteiger partial charge in [-0.2, -0.15) is 12.7 Å². The van der Waals surface area contributed by atoms with Crippen molar-refractivity contribution in [2.75, 3.05) is 20.3 Å². The quantitative estimate of drug-likeness (QED) is 0.821. The lowest BCUT2D eigenvalue weighted by Crippen LogP contribution is -2.44. The van der Waals surface area contributed by atoms with Crippen LogP contribution in [0, 0.1) is 5.82 Å². The monoisotopic (exact) mass is 297 g/mol. The minimum atomic E-state index is -3.50. The summed E-state index contributed by atoms with van der Waals surface area (Å²) in [7, 11) is -1.68. The minimum Gasteiger partial charge on any atom is -0.361 e. The van der Waals surface area contributed by atoms with Gasteiger partial charge in [-0.25, -0.2) is 8.70 Å². The topological polar surface area (TPSA) is 43.9 Å². The van der Waals surface area contributed by atoms with Gasteiger partial charge in [0.05, 0.1) is 0 Å². The number of benzene rings is 1. The molecule has 0 N–H and O–H groups in total. The van der Waals surface area contributed by atoms with Crippen LogP contribution in [0.3, 0.4) is 0 Å². The predicted octanol–water partition coefficient (Wildman–Crippen LogP) is 1.10. The summed E-state index contributed by atoms with van der Waals surface area (Å²) in [6.45, 7) is 1.01. The third kappa shape index (κ3) is 2.27. The Morgan fingerprint density at radius 1 is 1.20 bits per heavy atom. The molecule has 0 amide bonds. The molecule has 0 unspecified atom stereocenters. The Morgan fingerprint density at radius 3 is 2.70 bits per heavy atom. The Bertz CT molecular complexity index is 660. The molecule has 20 heavy (non-hydrogen) atoms. The zero-order chi connectivity index (χ0) is 14.3. The van der Waals surface area contributed by atoms with Crippen molar-refractivity contribution in [3.05, 3.63) is 47.5 Å². The van der Waals surface area contributed by atoms with E-state index >= 15 is 0 Å². The smallest absolute Gasteiger partial charge is 0.305 e. The SMILES string of the molecule is CN1C=CN(S(=O)(=O)N2CCc3cc(F)ccc3C2)C1. The molecule has 1 aromatic rings. The summed E-state index contributed by atoms with van der Waals surface area (Å²) in [5.74, 6) is -0.274. The number of nitrogens with zero attached hydrogens (tertiary/aromatic N) is 3. The first-order chi connectivity index (χ1) is 9.46. The first-order valence-electron chi connectivity index (χ1n) is 6.39. The molecule has 0 atom stereocenters. The lowest BCUT2D eigenvalue weighted by atomic mass is 10.0. The second kappa shape index (κ2) is 4.75. The van der Waals surface area contributed by atoms with Gasteiger partial charge in [-0.15, -0.1) is 0 Å². The van der Waals surface area contributed by atoms with Gasteiger partial charge in [0.2, 0.25) is 0 Å². The fourth-order valence-electron chi connectivity index (χ4n) is 2.49. The van der Waals surface area contributed by atoms with E-state index in [0.29, 0.717) is 26.2 Å². The van der Waals surface area contributed by atoms with E-state index in [-0.39, 0.29) is 5.82 Å². The lowest BCUT2D eigenvalue weighted by molar-refractivity contribution is 0.327. The Kier molecular flexibility index (Phi) is 3.18. The van der Waals surface area contributed by atoms with E-state index in [9.17, 15) is 12.8 Å². The highest BCUT2D eigenvalue weighted by molar-refractivity contribution is 7.86. The summed E-state index contributed by atoms with van der Waals surface area (Å²) in [6, 6.07) is 4.53. The Morgan fingerprint density at radius 2 is 2.00 bits per heavy atom. The van der Waals surface area contributed by atoms with Crippen LogP contribution >= 0.6 is 0 Å². The maximum atomic E-state index is 13.2. The van der Waals surface area contributed by atoms with Crippen molar-refractivity contribution in [3.63, 3.8) is 0 Å². The highest BCUT2D eigenvalue weighted by atomic mass is 32.2. The van der Waals surface area contributed by atoms with E-state index in [1.807, 2.05) is 7.05 Å². The molecular weight excluding hydrogens is 281 g/mol. The number of fused-ring (bicyclic) bond motifs is 1. The van der Waals surface area contributed by atoms with E-state index in [2.05, 4.69) is 0 Å². The highest BCUT2D eigenvalue weighted by Gasteiger charge is 2.32. The molecule has 0 fully saturated rings. The van der Waals surface area contributed by atoms with Crippen LogP contribution in [0.4, 0.5) is 4.39 Å². The van der Waals surface area contributed by atoms with Gasteiger partial charge in [0.1, 0.15) is 12.5 Å². The van der Waals surface area contributed by atoms with Gasteiger partial charge in [0.15, 0.2) is 0 Å². The van der Waals surface area contributed by atoms with Gasteiger partial charge in [-0.3, -0.25) is 0 Å². The summed E-state index contributed by atoms with van der Waals surface area (Å²) in [5, 5.41) is 0. The van der Waals surface area contributed by atoms with Crippen LogP contribution in [0.2, 0.25) is 0 Å². The molecule has 1 aromatic carbocycles. The molecule has 0 aromatic heterocycles. The molecule has 0 bridgehead atoms. The third-order valence-electron chi connectivity index (χ3n) is 3.62. The highest BCUT2D eigenvalue weighted by Crippen LogP contribution is 2.24. The summed E-state index contributed by atoms with van der Waals surface area (Å²) < 4.78 is 40.9. The molecule has 0 saturated carbocycles. The van der Waals surface area contributed by atoms with E-state index in [4.69, 9.17) is 0 Å². The maximum Gasteiger partial charge on any atom is 0.305 e. The summed E-state index contributed by atoms with van der Waals surface area (Å²) in [5.41, 5.74) is 1.77. The molecule has 0 aliphatic carbocycles. The average Bonchev–Trinajstić information content (AvgIpc) is 2.85. The maximum absolute atomic E-state index is 13.2. The van der Waals surface area contributed by atoms with Crippen LogP contribution in [0.1, 0.15) is 11.1 Å². The first-order valence-corrected chi connectivity index (χ1v) is 7.79. The molecule has 2 heterocycles. The molecule has 2 aliphatic rings. The molecule has 0 radical (unpaired) electrons. The Balaban J connectivity index is 1.83. The first kappa shape index (κ1) is 13.4. The standard InChI is InChI=1S/C13H16FN3O2S/c1-15-6-7-17(10-15)20(18,19)16-5-4-11-8-13(14)3-2-12(11)9-16/h2-3,6-8H,4-5,9-10H2,1H3. The van der Waals surface area contributed by atoms with Crippen molar-refractivity contribution in [1.29, 1.82) is 0 Å². The number of halogens is 1. The summed E-state index contributed by atoms with van der Waals surface area (Å²) >= 11 is 0. The zero-order valence-electron chi connectivity index (χ0n) is 11.2. The van der Waals surface area contributed by atoms with Crippen LogP contribution in [-0.4, -0.2) is 42.2 Å². The summed E-state index contributed by atoms with van der Waals surface area (Å²) in [4.78, 5) is 1.80. The van der Waals surface area contributed by atoms with Gasteiger partial charge in [-0.1, -0.05) is 6.07 Å². The van der Waals surface area contributed by atoms with Gasteiger partial charge < -0.3 is 4.90 Å². The lowest BCUT2D eigenvalue weighted by Gasteiger charge is -2.31. The molecular formula is C13H16FN3O2S. The van der Waals surface area contributed by atoms with Gasteiger partial charge in [-0.05, 0) is 29.7 Å². The van der Waals surface area contributed by atoms with Crippen LogP contribution in [0.15, 0.2) is 30.6 Å². The van der Waals surface area contributed by atoms with Gasteiger partial charge in [0, 0.05) is 32.5 Å². The predicted molar refractivity (Wildman–Crippen MR) is 73.0 cm³/mol. The minimum absolute atomic E-state index is 0.274. The second-order valence-electron chi connectivity index (χ2n) is 5.09. The normalized spacial score (nSPS) is 19.5. The van der Waals surface area contributed by atoms with Crippen molar-refractivity contribution in [2.45, 2.75) is 13.0 Å². The van der Waals surface area contributed by atoms with Gasteiger partial charge >= 0.3 is 10.2 Å². The van der Waals surface area contributed by atoms with E-state index in [1.165, 1.54) is 20.7 Å². The van der Waals surface area contributed by atoms with Gasteiger partial charge in [0.25, 0.3) is 0 Å². The van der Waals surface area contributed by atoms with Crippen LogP contribution in [0.5, 0.6) is 0 Å². The van der Waals surface area contributed by atoms with Crippen LogP contribution < -0.4 is 0 Å². The van der Waals surface area contributed by atoms with Crippen molar-refractivity contribution in [3.8, 4) is 0 Å². The van der Waals surface area contributed by atoms with Crippen molar-refractivity contribution >= 4 is 10.2 Å². The number of rotatable bonds is 2. The van der Waals surface area contributed by atoms with E-state index in [1.54, 1.807) is 23.4 Å². The molecule has 7 heteroatoms. The Hall–Kier alpha value is -1.60. The molecule has 108 valence electrons. The van der Waals surface area contributed by atoms with Crippen LogP contribution in [0.25, 0.3) is 0 Å². The second-order valence-corrected chi connectivity index (χ2v) is 6.97. The molecule has 5 nitrogen and oxygen atoms in total.